The molecule has 1 aromatic rings. The zero-order valence-electron chi connectivity index (χ0n) is 11.7. The van der Waals surface area contributed by atoms with E-state index in [9.17, 15) is 4.39 Å². The third-order valence-corrected chi connectivity index (χ3v) is 4.57. The summed E-state index contributed by atoms with van der Waals surface area (Å²) in [5, 5.41) is 5.29. The van der Waals surface area contributed by atoms with Gasteiger partial charge < -0.3 is 0 Å². The first-order chi connectivity index (χ1) is 9.81. The Morgan fingerprint density at radius 3 is 2.48 bits per heavy atom. The van der Waals surface area contributed by atoms with Crippen LogP contribution in [0.25, 0.3) is 0 Å². The van der Waals surface area contributed by atoms with Crippen molar-refractivity contribution in [3.8, 4) is 0 Å². The third kappa shape index (κ3) is 4.54. The Morgan fingerprint density at radius 1 is 1.14 bits per heavy atom. The number of hydrogen-bond acceptors (Lipinski definition) is 3. The molecule has 114 valence electrons. The number of hydrazone groups is 1. The van der Waals surface area contributed by atoms with E-state index in [0.29, 0.717) is 6.04 Å². The van der Waals surface area contributed by atoms with Gasteiger partial charge in [0.15, 0.2) is 5.17 Å². The van der Waals surface area contributed by atoms with E-state index in [1.165, 1.54) is 44.2 Å². The SMILES string of the molecule is Br.Fc1ccc(C2=NNC(=NC3CCCCC3)SC2)cc1. The van der Waals surface area contributed by atoms with Crippen molar-refractivity contribution < 1.29 is 4.39 Å². The third-order valence-electron chi connectivity index (χ3n) is 3.68. The molecule has 1 N–H and O–H groups in total. The van der Waals surface area contributed by atoms with Crippen LogP contribution < -0.4 is 5.43 Å². The molecular formula is C15H19BrFN3S. The highest BCUT2D eigenvalue weighted by Crippen LogP contribution is 2.22. The molecule has 1 saturated carbocycles. The summed E-state index contributed by atoms with van der Waals surface area (Å²) in [7, 11) is 0. The molecule has 2 aliphatic rings. The fourth-order valence-electron chi connectivity index (χ4n) is 2.55. The second-order valence-corrected chi connectivity index (χ2v) is 6.16. The zero-order valence-corrected chi connectivity index (χ0v) is 14.2. The number of hydrogen-bond donors (Lipinski definition) is 1. The predicted molar refractivity (Wildman–Crippen MR) is 93.2 cm³/mol. The first-order valence-electron chi connectivity index (χ1n) is 7.10. The van der Waals surface area contributed by atoms with E-state index in [4.69, 9.17) is 4.99 Å². The topological polar surface area (TPSA) is 36.8 Å². The lowest BCUT2D eigenvalue weighted by Crippen LogP contribution is -2.27. The van der Waals surface area contributed by atoms with Crippen LogP contribution in [0.1, 0.15) is 37.7 Å². The average Bonchev–Trinajstić information content (AvgIpc) is 2.50. The van der Waals surface area contributed by atoms with Crippen molar-refractivity contribution >= 4 is 39.6 Å². The van der Waals surface area contributed by atoms with Crippen LogP contribution in [0.15, 0.2) is 34.4 Å². The minimum absolute atomic E-state index is 0. The second kappa shape index (κ2) is 7.94. The number of amidine groups is 1. The van der Waals surface area contributed by atoms with E-state index in [1.807, 2.05) is 0 Å². The van der Waals surface area contributed by atoms with Gasteiger partial charge in [0.1, 0.15) is 5.82 Å². The van der Waals surface area contributed by atoms with Gasteiger partial charge in [-0.1, -0.05) is 43.2 Å². The molecule has 1 aliphatic heterocycles. The average molecular weight is 372 g/mol. The van der Waals surface area contributed by atoms with Gasteiger partial charge >= 0.3 is 0 Å². The summed E-state index contributed by atoms with van der Waals surface area (Å²) in [6.07, 6.45) is 6.31. The summed E-state index contributed by atoms with van der Waals surface area (Å²) in [6, 6.07) is 6.92. The van der Waals surface area contributed by atoms with Gasteiger partial charge in [-0.05, 0) is 30.5 Å². The van der Waals surface area contributed by atoms with Crippen molar-refractivity contribution in [1.29, 1.82) is 0 Å². The van der Waals surface area contributed by atoms with Crippen molar-refractivity contribution in [2.24, 2.45) is 10.1 Å². The molecule has 3 rings (SSSR count). The molecule has 1 aromatic carbocycles. The standard InChI is InChI=1S/C15H18FN3S.BrH/c16-12-8-6-11(7-9-12)14-10-20-15(19-18-14)17-13-4-2-1-3-5-13;/h6-9,13H,1-5,10H2,(H,17,19);1H. The monoisotopic (exact) mass is 371 g/mol. The minimum atomic E-state index is -0.217. The summed E-state index contributed by atoms with van der Waals surface area (Å²) < 4.78 is 12.9. The Hall–Kier alpha value is -0.880. The second-order valence-electron chi connectivity index (χ2n) is 5.19. The van der Waals surface area contributed by atoms with Crippen LogP contribution in [-0.4, -0.2) is 22.7 Å². The molecule has 0 unspecified atom stereocenters. The maximum Gasteiger partial charge on any atom is 0.177 e. The Bertz CT molecular complexity index is 524. The molecule has 3 nitrogen and oxygen atoms in total. The number of thioether (sulfide) groups is 1. The number of aliphatic imine (C=N–C) groups is 1. The lowest BCUT2D eigenvalue weighted by atomic mass is 9.96. The van der Waals surface area contributed by atoms with Crippen molar-refractivity contribution in [1.82, 2.24) is 5.43 Å². The first kappa shape index (κ1) is 16.5. The lowest BCUT2D eigenvalue weighted by Gasteiger charge is -2.20. The van der Waals surface area contributed by atoms with Gasteiger partial charge in [0.05, 0.1) is 11.8 Å². The minimum Gasteiger partial charge on any atom is -0.258 e. The van der Waals surface area contributed by atoms with Gasteiger partial charge in [-0.3, -0.25) is 10.4 Å². The summed E-state index contributed by atoms with van der Waals surface area (Å²) >= 11 is 1.68. The van der Waals surface area contributed by atoms with Crippen molar-refractivity contribution in [3.05, 3.63) is 35.6 Å². The quantitative estimate of drug-likeness (QED) is 0.848. The number of halogens is 2. The van der Waals surface area contributed by atoms with Gasteiger partial charge in [-0.25, -0.2) is 4.39 Å². The molecule has 1 aliphatic carbocycles. The zero-order chi connectivity index (χ0) is 13.8. The van der Waals surface area contributed by atoms with Gasteiger partial charge in [0.25, 0.3) is 0 Å². The van der Waals surface area contributed by atoms with E-state index in [0.717, 1.165) is 22.2 Å². The van der Waals surface area contributed by atoms with Crippen LogP contribution in [0.2, 0.25) is 0 Å². The summed E-state index contributed by atoms with van der Waals surface area (Å²) in [4.78, 5) is 4.74. The van der Waals surface area contributed by atoms with Gasteiger partial charge in [-0.15, -0.1) is 17.0 Å². The van der Waals surface area contributed by atoms with E-state index in [1.54, 1.807) is 23.9 Å². The number of nitrogens with zero attached hydrogens (tertiary/aromatic N) is 2. The van der Waals surface area contributed by atoms with Crippen LogP contribution in [-0.2, 0) is 0 Å². The Kier molecular flexibility index (Phi) is 6.23. The van der Waals surface area contributed by atoms with Crippen molar-refractivity contribution in [2.45, 2.75) is 38.1 Å². The highest BCUT2D eigenvalue weighted by molar-refractivity contribution is 8.93. The molecule has 0 spiro atoms. The molecule has 0 saturated heterocycles. The molecule has 1 fully saturated rings. The normalized spacial score (nSPS) is 21.4. The van der Waals surface area contributed by atoms with Crippen LogP contribution in [0, 0.1) is 5.82 Å². The van der Waals surface area contributed by atoms with E-state index in [-0.39, 0.29) is 22.8 Å². The fraction of sp³-hybridized carbons (Fsp3) is 0.467. The van der Waals surface area contributed by atoms with E-state index < -0.39 is 0 Å². The van der Waals surface area contributed by atoms with Crippen LogP contribution >= 0.6 is 28.7 Å². The molecule has 6 heteroatoms. The maximum atomic E-state index is 12.9. The number of rotatable bonds is 2. The predicted octanol–water partition coefficient (Wildman–Crippen LogP) is 4.13. The van der Waals surface area contributed by atoms with Gasteiger partial charge in [0, 0.05) is 5.75 Å². The molecule has 0 amide bonds. The fourth-order valence-corrected chi connectivity index (χ4v) is 3.39. The molecule has 0 bridgehead atoms. The molecule has 1 heterocycles. The highest BCUT2D eigenvalue weighted by Gasteiger charge is 2.17. The molecule has 21 heavy (non-hydrogen) atoms. The van der Waals surface area contributed by atoms with Gasteiger partial charge in [0.2, 0.25) is 0 Å². The molecule has 0 radical (unpaired) electrons. The highest BCUT2D eigenvalue weighted by atomic mass is 79.9. The van der Waals surface area contributed by atoms with Gasteiger partial charge in [-0.2, -0.15) is 5.10 Å². The largest absolute Gasteiger partial charge is 0.258 e. The van der Waals surface area contributed by atoms with Crippen molar-refractivity contribution in [3.63, 3.8) is 0 Å². The molecule has 0 atom stereocenters. The lowest BCUT2D eigenvalue weighted by molar-refractivity contribution is 0.443. The summed E-state index contributed by atoms with van der Waals surface area (Å²) in [5.74, 6) is 0.565. The van der Waals surface area contributed by atoms with Crippen molar-refractivity contribution in [2.75, 3.05) is 5.75 Å². The Labute approximate surface area is 139 Å². The number of nitrogens with one attached hydrogen (secondary N) is 1. The Morgan fingerprint density at radius 2 is 1.86 bits per heavy atom. The number of benzene rings is 1. The summed E-state index contributed by atoms with van der Waals surface area (Å²) in [6.45, 7) is 0. The van der Waals surface area contributed by atoms with Crippen LogP contribution in [0.4, 0.5) is 4.39 Å². The maximum absolute atomic E-state index is 12.9. The van der Waals surface area contributed by atoms with Crippen LogP contribution in [0.3, 0.4) is 0 Å². The smallest absolute Gasteiger partial charge is 0.177 e. The first-order valence-corrected chi connectivity index (χ1v) is 8.09. The molecular weight excluding hydrogens is 353 g/mol. The Balaban J connectivity index is 0.00000161. The van der Waals surface area contributed by atoms with E-state index in [2.05, 4.69) is 10.5 Å². The van der Waals surface area contributed by atoms with E-state index >= 15 is 0 Å². The van der Waals surface area contributed by atoms with Crippen LogP contribution in [0.5, 0.6) is 0 Å². The molecule has 0 aromatic heterocycles. The summed E-state index contributed by atoms with van der Waals surface area (Å²) in [5.41, 5.74) is 4.94.